The Kier molecular flexibility index (Phi) is 4.84. The number of aliphatic hydroxyl groups excluding tert-OH is 1. The summed E-state index contributed by atoms with van der Waals surface area (Å²) in [7, 11) is 0. The van der Waals surface area contributed by atoms with Gasteiger partial charge in [0.1, 0.15) is 29.0 Å². The Morgan fingerprint density at radius 1 is 1.13 bits per heavy atom. The van der Waals surface area contributed by atoms with Gasteiger partial charge in [-0.1, -0.05) is 0 Å². The van der Waals surface area contributed by atoms with Crippen LogP contribution in [0.25, 0.3) is 16.7 Å². The molecule has 0 aliphatic heterocycles. The van der Waals surface area contributed by atoms with E-state index in [9.17, 15) is 18.7 Å². The summed E-state index contributed by atoms with van der Waals surface area (Å²) in [5.74, 6) is -2.31. The molecule has 0 saturated heterocycles. The van der Waals surface area contributed by atoms with Gasteiger partial charge in [-0.2, -0.15) is 5.10 Å². The fourth-order valence-corrected chi connectivity index (χ4v) is 3.08. The molecule has 0 radical (unpaired) electrons. The van der Waals surface area contributed by atoms with Crippen LogP contribution in [0.4, 0.5) is 20.3 Å². The summed E-state index contributed by atoms with van der Waals surface area (Å²) >= 11 is 0. The summed E-state index contributed by atoms with van der Waals surface area (Å²) in [6.45, 7) is 1.80. The number of hydrogen-bond donors (Lipinski definition) is 3. The van der Waals surface area contributed by atoms with E-state index in [1.54, 1.807) is 35.9 Å². The molecule has 2 heterocycles. The Morgan fingerprint density at radius 2 is 1.80 bits per heavy atom. The zero-order valence-electron chi connectivity index (χ0n) is 15.7. The third-order valence-corrected chi connectivity index (χ3v) is 4.48. The molecule has 1 amide bonds. The quantitative estimate of drug-likeness (QED) is 0.476. The number of aryl methyl sites for hydroxylation is 1. The van der Waals surface area contributed by atoms with Gasteiger partial charge in [0, 0.05) is 11.8 Å². The van der Waals surface area contributed by atoms with E-state index in [1.807, 2.05) is 0 Å². The second-order valence-corrected chi connectivity index (χ2v) is 6.59. The molecule has 10 heteroatoms. The van der Waals surface area contributed by atoms with E-state index in [0.717, 1.165) is 12.1 Å². The molecule has 0 spiro atoms. The molecule has 0 fully saturated rings. The van der Waals surface area contributed by atoms with Crippen molar-refractivity contribution in [3.8, 4) is 5.69 Å². The number of carbonyl (C=O) groups is 1. The molecule has 0 unspecified atom stereocenters. The van der Waals surface area contributed by atoms with Crippen LogP contribution in [0.15, 0.2) is 48.8 Å². The SMILES string of the molecule is Cc1nn(-c2ccc(NC(=O)[C@H](O)c3cc(F)cc(F)c3)cc2)c2c(N)ncnc12. The maximum Gasteiger partial charge on any atom is 0.257 e. The average molecular weight is 410 g/mol. The van der Waals surface area contributed by atoms with E-state index in [1.165, 1.54) is 6.33 Å². The van der Waals surface area contributed by atoms with Gasteiger partial charge in [-0.25, -0.2) is 23.4 Å². The summed E-state index contributed by atoms with van der Waals surface area (Å²) in [4.78, 5) is 20.4. The van der Waals surface area contributed by atoms with E-state index in [4.69, 9.17) is 5.73 Å². The summed E-state index contributed by atoms with van der Waals surface area (Å²) in [6, 6.07) is 9.00. The Hall–Kier alpha value is -3.92. The molecule has 0 aliphatic rings. The van der Waals surface area contributed by atoms with Crippen molar-refractivity contribution >= 4 is 28.4 Å². The number of carbonyl (C=O) groups excluding carboxylic acids is 1. The number of hydrogen-bond acceptors (Lipinski definition) is 6. The number of halogens is 2. The summed E-state index contributed by atoms with van der Waals surface area (Å²) in [6.07, 6.45) is -0.366. The number of rotatable bonds is 4. The van der Waals surface area contributed by atoms with Crippen LogP contribution in [-0.2, 0) is 4.79 Å². The molecule has 0 saturated carbocycles. The highest BCUT2D eigenvalue weighted by molar-refractivity contribution is 5.95. The third-order valence-electron chi connectivity index (χ3n) is 4.48. The van der Waals surface area contributed by atoms with Crippen LogP contribution in [0.1, 0.15) is 17.4 Å². The number of fused-ring (bicyclic) bond motifs is 1. The van der Waals surface area contributed by atoms with Crippen LogP contribution in [0.5, 0.6) is 0 Å². The maximum atomic E-state index is 13.3. The molecule has 4 rings (SSSR count). The Morgan fingerprint density at radius 3 is 2.47 bits per heavy atom. The monoisotopic (exact) mass is 410 g/mol. The molecule has 2 aromatic carbocycles. The van der Waals surface area contributed by atoms with Crippen LogP contribution in [-0.4, -0.2) is 30.8 Å². The van der Waals surface area contributed by atoms with E-state index in [-0.39, 0.29) is 11.4 Å². The second-order valence-electron chi connectivity index (χ2n) is 6.59. The van der Waals surface area contributed by atoms with Gasteiger partial charge in [0.05, 0.1) is 11.4 Å². The predicted molar refractivity (Wildman–Crippen MR) is 106 cm³/mol. The first-order valence-electron chi connectivity index (χ1n) is 8.84. The molecule has 0 bridgehead atoms. The molecule has 1 atom stereocenters. The minimum absolute atomic E-state index is 0.185. The van der Waals surface area contributed by atoms with Gasteiger partial charge < -0.3 is 16.2 Å². The molecule has 8 nitrogen and oxygen atoms in total. The van der Waals surface area contributed by atoms with Crippen molar-refractivity contribution in [2.24, 2.45) is 0 Å². The van der Waals surface area contributed by atoms with Gasteiger partial charge in [-0.15, -0.1) is 0 Å². The predicted octanol–water partition coefficient (Wildman–Crippen LogP) is 2.66. The molecule has 4 N–H and O–H groups in total. The number of nitrogens with zero attached hydrogens (tertiary/aromatic N) is 4. The molecule has 30 heavy (non-hydrogen) atoms. The molecule has 0 aliphatic carbocycles. The first kappa shape index (κ1) is 19.4. The first-order valence-corrected chi connectivity index (χ1v) is 8.84. The highest BCUT2D eigenvalue weighted by atomic mass is 19.1. The van der Waals surface area contributed by atoms with Gasteiger partial charge in [0.15, 0.2) is 11.9 Å². The maximum absolute atomic E-state index is 13.3. The Balaban J connectivity index is 1.57. The van der Waals surface area contributed by atoms with Crippen LogP contribution >= 0.6 is 0 Å². The van der Waals surface area contributed by atoms with Crippen LogP contribution in [0.3, 0.4) is 0 Å². The van der Waals surface area contributed by atoms with E-state index in [0.29, 0.717) is 34.2 Å². The Bertz CT molecular complexity index is 1240. The van der Waals surface area contributed by atoms with Gasteiger partial charge in [-0.05, 0) is 48.9 Å². The van der Waals surface area contributed by atoms with Gasteiger partial charge in [-0.3, -0.25) is 4.79 Å². The minimum Gasteiger partial charge on any atom is -0.382 e. The third kappa shape index (κ3) is 3.55. The van der Waals surface area contributed by atoms with Crippen molar-refractivity contribution in [2.75, 3.05) is 11.1 Å². The fraction of sp³-hybridized carbons (Fsp3) is 0.100. The van der Waals surface area contributed by atoms with Gasteiger partial charge in [0.2, 0.25) is 0 Å². The van der Waals surface area contributed by atoms with Gasteiger partial charge >= 0.3 is 0 Å². The largest absolute Gasteiger partial charge is 0.382 e. The van der Waals surface area contributed by atoms with Crippen LogP contribution < -0.4 is 11.1 Å². The zero-order chi connectivity index (χ0) is 21.4. The van der Waals surface area contributed by atoms with Crippen molar-refractivity contribution in [3.63, 3.8) is 0 Å². The van der Waals surface area contributed by atoms with Crippen LogP contribution in [0, 0.1) is 18.6 Å². The van der Waals surface area contributed by atoms with Gasteiger partial charge in [0.25, 0.3) is 5.91 Å². The zero-order valence-corrected chi connectivity index (χ0v) is 15.7. The highest BCUT2D eigenvalue weighted by Crippen LogP contribution is 2.24. The van der Waals surface area contributed by atoms with Crippen LogP contribution in [0.2, 0.25) is 0 Å². The van der Waals surface area contributed by atoms with E-state index in [2.05, 4.69) is 20.4 Å². The van der Waals surface area contributed by atoms with Crippen molar-refractivity contribution in [1.82, 2.24) is 19.7 Å². The minimum atomic E-state index is -1.73. The number of aromatic nitrogens is 4. The summed E-state index contributed by atoms with van der Waals surface area (Å²) in [5.41, 5.74) is 8.68. The lowest BCUT2D eigenvalue weighted by Crippen LogP contribution is -2.21. The standard InChI is InChI=1S/C20H16F2N6O2/c1-10-16-17(19(23)25-9-24-16)28(27-10)15-4-2-14(3-5-15)26-20(30)18(29)11-6-12(21)8-13(22)7-11/h2-9,18,29H,1H3,(H,26,30)(H2,23,24,25)/t18-/m1/s1. The first-order chi connectivity index (χ1) is 14.3. The number of nitrogens with one attached hydrogen (secondary N) is 1. The molecule has 2 aromatic heterocycles. The number of anilines is 2. The lowest BCUT2D eigenvalue weighted by molar-refractivity contribution is -0.124. The van der Waals surface area contributed by atoms with Crippen molar-refractivity contribution in [3.05, 3.63) is 71.7 Å². The number of nitrogen functional groups attached to an aromatic ring is 1. The van der Waals surface area contributed by atoms with E-state index >= 15 is 0 Å². The number of amides is 1. The Labute approximate surface area is 169 Å². The number of aliphatic hydroxyl groups is 1. The lowest BCUT2D eigenvalue weighted by Gasteiger charge is -2.13. The van der Waals surface area contributed by atoms with Crippen molar-refractivity contribution in [1.29, 1.82) is 0 Å². The lowest BCUT2D eigenvalue weighted by atomic mass is 10.1. The smallest absolute Gasteiger partial charge is 0.257 e. The summed E-state index contributed by atoms with van der Waals surface area (Å²) in [5, 5.41) is 17.0. The number of nitrogens with two attached hydrogens (primary N) is 1. The van der Waals surface area contributed by atoms with E-state index < -0.39 is 23.6 Å². The normalized spacial score (nSPS) is 12.1. The molecular formula is C20H16F2N6O2. The fourth-order valence-electron chi connectivity index (χ4n) is 3.08. The molecule has 152 valence electrons. The van der Waals surface area contributed by atoms with Crippen molar-refractivity contribution < 1.29 is 18.7 Å². The summed E-state index contributed by atoms with van der Waals surface area (Å²) < 4.78 is 28.2. The van der Waals surface area contributed by atoms with Crippen molar-refractivity contribution in [2.45, 2.75) is 13.0 Å². The number of benzene rings is 2. The highest BCUT2D eigenvalue weighted by Gasteiger charge is 2.19. The molecule has 4 aromatic rings. The average Bonchev–Trinajstić information content (AvgIpc) is 3.05. The molecular weight excluding hydrogens is 394 g/mol. The second kappa shape index (κ2) is 7.48. The topological polar surface area (TPSA) is 119 Å².